The minimum Gasteiger partial charge on any atom is -0.497 e. The smallest absolute Gasteiger partial charge is 0.241 e. The van der Waals surface area contributed by atoms with Gasteiger partial charge in [-0.05, 0) is 19.2 Å². The summed E-state index contributed by atoms with van der Waals surface area (Å²) in [7, 11) is 3.74. The van der Waals surface area contributed by atoms with Crippen LogP contribution in [0, 0.1) is 0 Å². The second kappa shape index (κ2) is 6.54. The lowest BCUT2D eigenvalue weighted by Gasteiger charge is -2.35. The van der Waals surface area contributed by atoms with Gasteiger partial charge in [0.2, 0.25) is 5.91 Å². The Balaban J connectivity index is 1.71. The largest absolute Gasteiger partial charge is 0.497 e. The predicted octanol–water partition coefficient (Wildman–Crippen LogP) is 0.668. The zero-order valence-electron chi connectivity index (χ0n) is 13.2. The highest BCUT2D eigenvalue weighted by atomic mass is 16.5. The molecule has 1 aromatic rings. The van der Waals surface area contributed by atoms with Gasteiger partial charge in [0.1, 0.15) is 18.1 Å². The number of hydrogen-bond donors (Lipinski definition) is 0. The molecule has 2 aliphatic heterocycles. The van der Waals surface area contributed by atoms with Crippen LogP contribution in [0.2, 0.25) is 0 Å². The van der Waals surface area contributed by atoms with Gasteiger partial charge in [-0.15, -0.1) is 0 Å². The SMILES string of the molecule is COc1ccc2c(c1)N(C(=O)CN1CCN(C)CC1)CCO2. The molecule has 1 fully saturated rings. The molecule has 6 heteroatoms. The van der Waals surface area contributed by atoms with E-state index < -0.39 is 0 Å². The van der Waals surface area contributed by atoms with E-state index in [1.165, 1.54) is 0 Å². The van der Waals surface area contributed by atoms with Gasteiger partial charge in [0.15, 0.2) is 0 Å². The molecular weight excluding hydrogens is 282 g/mol. The zero-order valence-corrected chi connectivity index (χ0v) is 13.2. The molecule has 1 saturated heterocycles. The molecule has 0 N–H and O–H groups in total. The van der Waals surface area contributed by atoms with Crippen LogP contribution in [-0.4, -0.2) is 75.7 Å². The molecule has 1 amide bonds. The summed E-state index contributed by atoms with van der Waals surface area (Å²) >= 11 is 0. The summed E-state index contributed by atoms with van der Waals surface area (Å²) in [5.74, 6) is 1.61. The number of fused-ring (bicyclic) bond motifs is 1. The topological polar surface area (TPSA) is 45.2 Å². The van der Waals surface area contributed by atoms with E-state index in [1.807, 2.05) is 23.1 Å². The first-order valence-corrected chi connectivity index (χ1v) is 7.69. The lowest BCUT2D eigenvalue weighted by atomic mass is 10.2. The number of ether oxygens (including phenoxy) is 2. The lowest BCUT2D eigenvalue weighted by Crippen LogP contribution is -2.50. The van der Waals surface area contributed by atoms with Gasteiger partial charge in [0.05, 0.1) is 25.9 Å². The van der Waals surface area contributed by atoms with E-state index in [4.69, 9.17) is 9.47 Å². The number of amides is 1. The van der Waals surface area contributed by atoms with E-state index in [0.29, 0.717) is 19.7 Å². The van der Waals surface area contributed by atoms with Crippen LogP contribution in [0.15, 0.2) is 18.2 Å². The third-order valence-corrected chi connectivity index (χ3v) is 4.29. The molecule has 0 saturated carbocycles. The number of benzene rings is 1. The average molecular weight is 305 g/mol. The minimum absolute atomic E-state index is 0.127. The van der Waals surface area contributed by atoms with Crippen molar-refractivity contribution < 1.29 is 14.3 Å². The molecule has 0 aromatic heterocycles. The zero-order chi connectivity index (χ0) is 15.5. The highest BCUT2D eigenvalue weighted by Gasteiger charge is 2.26. The molecular formula is C16H23N3O3. The number of likely N-dealkylation sites (N-methyl/N-ethyl adjacent to an activating group) is 1. The van der Waals surface area contributed by atoms with Crippen molar-refractivity contribution in [3.63, 3.8) is 0 Å². The fraction of sp³-hybridized carbons (Fsp3) is 0.562. The van der Waals surface area contributed by atoms with Crippen LogP contribution < -0.4 is 14.4 Å². The summed E-state index contributed by atoms with van der Waals surface area (Å²) in [6, 6.07) is 5.59. The highest BCUT2D eigenvalue weighted by molar-refractivity contribution is 5.96. The number of anilines is 1. The number of hydrogen-bond acceptors (Lipinski definition) is 5. The highest BCUT2D eigenvalue weighted by Crippen LogP contribution is 2.35. The summed E-state index contributed by atoms with van der Waals surface area (Å²) in [5, 5.41) is 0. The molecule has 120 valence electrons. The van der Waals surface area contributed by atoms with E-state index in [1.54, 1.807) is 7.11 Å². The molecule has 0 unspecified atom stereocenters. The molecule has 0 bridgehead atoms. The maximum absolute atomic E-state index is 12.7. The van der Waals surface area contributed by atoms with Crippen LogP contribution in [-0.2, 0) is 4.79 Å². The molecule has 0 aliphatic carbocycles. The van der Waals surface area contributed by atoms with Crippen molar-refractivity contribution in [3.8, 4) is 11.5 Å². The standard InChI is InChI=1S/C16H23N3O3/c1-17-5-7-18(8-6-17)12-16(20)19-9-10-22-15-4-3-13(21-2)11-14(15)19/h3-4,11H,5-10,12H2,1-2H3. The summed E-state index contributed by atoms with van der Waals surface area (Å²) in [5.41, 5.74) is 0.810. The van der Waals surface area contributed by atoms with Crippen LogP contribution in [0.3, 0.4) is 0 Å². The Labute approximate surface area is 131 Å². The van der Waals surface area contributed by atoms with Crippen molar-refractivity contribution in [2.24, 2.45) is 0 Å². The third-order valence-electron chi connectivity index (χ3n) is 4.29. The van der Waals surface area contributed by atoms with Crippen molar-refractivity contribution in [2.45, 2.75) is 0 Å². The van der Waals surface area contributed by atoms with E-state index in [9.17, 15) is 4.79 Å². The average Bonchev–Trinajstić information content (AvgIpc) is 2.55. The van der Waals surface area contributed by atoms with E-state index in [0.717, 1.165) is 43.4 Å². The number of rotatable bonds is 3. The van der Waals surface area contributed by atoms with Crippen molar-refractivity contribution in [1.82, 2.24) is 9.80 Å². The molecule has 2 aliphatic rings. The number of carbonyl (C=O) groups is 1. The molecule has 22 heavy (non-hydrogen) atoms. The maximum Gasteiger partial charge on any atom is 0.241 e. The van der Waals surface area contributed by atoms with Crippen molar-refractivity contribution in [1.29, 1.82) is 0 Å². The van der Waals surface area contributed by atoms with Gasteiger partial charge < -0.3 is 19.3 Å². The van der Waals surface area contributed by atoms with Gasteiger partial charge in [-0.2, -0.15) is 0 Å². The Morgan fingerprint density at radius 3 is 2.73 bits per heavy atom. The second-order valence-electron chi connectivity index (χ2n) is 5.81. The molecule has 2 heterocycles. The van der Waals surface area contributed by atoms with Gasteiger partial charge in [0, 0.05) is 32.2 Å². The van der Waals surface area contributed by atoms with Gasteiger partial charge in [0.25, 0.3) is 0 Å². The first-order chi connectivity index (χ1) is 10.7. The van der Waals surface area contributed by atoms with Gasteiger partial charge in [-0.1, -0.05) is 0 Å². The fourth-order valence-electron chi connectivity index (χ4n) is 2.87. The van der Waals surface area contributed by atoms with Crippen LogP contribution in [0.4, 0.5) is 5.69 Å². The molecule has 0 spiro atoms. The first kappa shape index (κ1) is 15.1. The number of methoxy groups -OCH3 is 1. The molecule has 6 nitrogen and oxygen atoms in total. The van der Waals surface area contributed by atoms with E-state index in [-0.39, 0.29) is 5.91 Å². The quantitative estimate of drug-likeness (QED) is 0.821. The molecule has 3 rings (SSSR count). The van der Waals surface area contributed by atoms with Crippen LogP contribution in [0.25, 0.3) is 0 Å². The summed E-state index contributed by atoms with van der Waals surface area (Å²) < 4.78 is 10.9. The fourth-order valence-corrected chi connectivity index (χ4v) is 2.87. The Bertz CT molecular complexity index is 541. The molecule has 0 atom stereocenters. The Kier molecular flexibility index (Phi) is 4.49. The van der Waals surface area contributed by atoms with Gasteiger partial charge >= 0.3 is 0 Å². The predicted molar refractivity (Wildman–Crippen MR) is 84.8 cm³/mol. The monoisotopic (exact) mass is 305 g/mol. The van der Waals surface area contributed by atoms with Crippen LogP contribution in [0.1, 0.15) is 0 Å². The maximum atomic E-state index is 12.7. The second-order valence-corrected chi connectivity index (χ2v) is 5.81. The first-order valence-electron chi connectivity index (χ1n) is 7.69. The Morgan fingerprint density at radius 1 is 1.23 bits per heavy atom. The van der Waals surface area contributed by atoms with Crippen LogP contribution in [0.5, 0.6) is 11.5 Å². The Morgan fingerprint density at radius 2 is 2.00 bits per heavy atom. The van der Waals surface area contributed by atoms with Gasteiger partial charge in [-0.25, -0.2) is 0 Å². The molecule has 0 radical (unpaired) electrons. The third kappa shape index (κ3) is 3.18. The van der Waals surface area contributed by atoms with Crippen molar-refractivity contribution in [2.75, 3.05) is 64.9 Å². The van der Waals surface area contributed by atoms with Crippen molar-refractivity contribution in [3.05, 3.63) is 18.2 Å². The molecule has 1 aromatic carbocycles. The number of carbonyl (C=O) groups excluding carboxylic acids is 1. The lowest BCUT2D eigenvalue weighted by molar-refractivity contribution is -0.120. The number of nitrogens with zero attached hydrogens (tertiary/aromatic N) is 3. The summed E-state index contributed by atoms with van der Waals surface area (Å²) in [4.78, 5) is 19.0. The van der Waals surface area contributed by atoms with E-state index >= 15 is 0 Å². The van der Waals surface area contributed by atoms with E-state index in [2.05, 4.69) is 16.8 Å². The summed E-state index contributed by atoms with van der Waals surface area (Å²) in [6.07, 6.45) is 0. The minimum atomic E-state index is 0.127. The normalized spacial score (nSPS) is 19.5. The van der Waals surface area contributed by atoms with Crippen molar-refractivity contribution >= 4 is 11.6 Å². The summed E-state index contributed by atoms with van der Waals surface area (Å²) in [6.45, 7) is 5.50. The van der Waals surface area contributed by atoms with Crippen LogP contribution >= 0.6 is 0 Å². The Hall–Kier alpha value is -1.79. The number of piperazine rings is 1. The van der Waals surface area contributed by atoms with Gasteiger partial charge in [-0.3, -0.25) is 9.69 Å².